The van der Waals surface area contributed by atoms with E-state index in [-0.39, 0.29) is 11.9 Å². The Bertz CT molecular complexity index is 287. The number of amides is 2. The molecule has 0 heterocycles. The number of hydrogen-bond donors (Lipinski definition) is 3. The highest BCUT2D eigenvalue weighted by Crippen LogP contribution is 2.05. The number of nitrogens with one attached hydrogen (secondary N) is 3. The maximum absolute atomic E-state index is 11.5. The third-order valence-electron chi connectivity index (χ3n) is 2.19. The number of carbonyl (C=O) groups excluding carboxylic acids is 2. The van der Waals surface area contributed by atoms with Crippen LogP contribution in [0.3, 0.4) is 0 Å². The average molecular weight is 273 g/mol. The van der Waals surface area contributed by atoms with Gasteiger partial charge in [0.05, 0.1) is 6.04 Å². The predicted molar refractivity (Wildman–Crippen MR) is 75.0 cm³/mol. The van der Waals surface area contributed by atoms with Crippen LogP contribution in [0.1, 0.15) is 41.0 Å². The fraction of sp³-hybridized carbons (Fsp3) is 0.846. The molecule has 6 heteroatoms. The number of alkyl carbamates (subject to hydrolysis) is 1. The van der Waals surface area contributed by atoms with Crippen LogP contribution >= 0.6 is 0 Å². The summed E-state index contributed by atoms with van der Waals surface area (Å²) < 4.78 is 5.09. The van der Waals surface area contributed by atoms with Gasteiger partial charge in [0.2, 0.25) is 5.91 Å². The summed E-state index contributed by atoms with van der Waals surface area (Å²) in [5, 5.41) is 8.45. The van der Waals surface area contributed by atoms with Crippen molar-refractivity contribution >= 4 is 12.0 Å². The second-order valence-electron chi connectivity index (χ2n) is 5.40. The largest absolute Gasteiger partial charge is 0.444 e. The van der Waals surface area contributed by atoms with E-state index in [1.807, 2.05) is 27.7 Å². The normalized spacial score (nSPS) is 12.7. The van der Waals surface area contributed by atoms with Gasteiger partial charge in [-0.15, -0.1) is 0 Å². The van der Waals surface area contributed by atoms with Crippen molar-refractivity contribution in [3.05, 3.63) is 0 Å². The fourth-order valence-corrected chi connectivity index (χ4v) is 1.26. The Balaban J connectivity index is 3.68. The molecule has 0 aliphatic carbocycles. The second-order valence-corrected chi connectivity index (χ2v) is 5.40. The van der Waals surface area contributed by atoms with Crippen molar-refractivity contribution in [2.75, 3.05) is 19.6 Å². The van der Waals surface area contributed by atoms with Crippen molar-refractivity contribution in [2.24, 2.45) is 0 Å². The van der Waals surface area contributed by atoms with Gasteiger partial charge in [0.25, 0.3) is 0 Å². The number of carbonyl (C=O) groups is 2. The molecule has 0 radical (unpaired) electrons. The van der Waals surface area contributed by atoms with E-state index < -0.39 is 11.7 Å². The van der Waals surface area contributed by atoms with Gasteiger partial charge in [0.1, 0.15) is 5.60 Å². The van der Waals surface area contributed by atoms with E-state index in [1.54, 1.807) is 6.92 Å². The Morgan fingerprint density at radius 3 is 2.26 bits per heavy atom. The Morgan fingerprint density at radius 2 is 1.74 bits per heavy atom. The minimum atomic E-state index is -0.495. The van der Waals surface area contributed by atoms with Crippen molar-refractivity contribution in [1.29, 1.82) is 0 Å². The van der Waals surface area contributed by atoms with Crippen molar-refractivity contribution in [1.82, 2.24) is 16.0 Å². The molecule has 6 nitrogen and oxygen atoms in total. The number of ether oxygens (including phenoxy) is 1. The van der Waals surface area contributed by atoms with Crippen molar-refractivity contribution in [2.45, 2.75) is 52.7 Å². The van der Waals surface area contributed by atoms with Crippen LogP contribution in [0.4, 0.5) is 4.79 Å². The molecule has 0 aromatic carbocycles. The van der Waals surface area contributed by atoms with E-state index in [2.05, 4.69) is 16.0 Å². The first kappa shape index (κ1) is 17.7. The molecule has 112 valence electrons. The third-order valence-corrected chi connectivity index (χ3v) is 2.19. The molecule has 0 fully saturated rings. The van der Waals surface area contributed by atoms with Crippen LogP contribution < -0.4 is 16.0 Å². The van der Waals surface area contributed by atoms with Crippen LogP contribution in [0.15, 0.2) is 0 Å². The molecule has 1 atom stereocenters. The molecule has 0 rings (SSSR count). The van der Waals surface area contributed by atoms with E-state index in [1.165, 1.54) is 0 Å². The Hall–Kier alpha value is -1.30. The van der Waals surface area contributed by atoms with Crippen molar-refractivity contribution in [3.63, 3.8) is 0 Å². The van der Waals surface area contributed by atoms with Crippen LogP contribution in [-0.4, -0.2) is 43.3 Å². The van der Waals surface area contributed by atoms with Crippen LogP contribution in [-0.2, 0) is 9.53 Å². The molecule has 0 aliphatic rings. The summed E-state index contributed by atoms with van der Waals surface area (Å²) in [6.45, 7) is 10.8. The molecular formula is C13H27N3O3. The lowest BCUT2D eigenvalue weighted by Gasteiger charge is -2.20. The monoisotopic (exact) mass is 273 g/mol. The first-order chi connectivity index (χ1) is 8.76. The van der Waals surface area contributed by atoms with E-state index >= 15 is 0 Å². The second kappa shape index (κ2) is 8.74. The average Bonchev–Trinajstić information content (AvgIpc) is 2.29. The van der Waals surface area contributed by atoms with E-state index in [0.29, 0.717) is 19.6 Å². The highest BCUT2D eigenvalue weighted by Gasteiger charge is 2.15. The molecule has 3 N–H and O–H groups in total. The Kier molecular flexibility index (Phi) is 8.14. The number of rotatable bonds is 7. The molecule has 2 amide bonds. The van der Waals surface area contributed by atoms with Crippen LogP contribution in [0.5, 0.6) is 0 Å². The minimum Gasteiger partial charge on any atom is -0.444 e. The van der Waals surface area contributed by atoms with E-state index in [9.17, 15) is 9.59 Å². The maximum atomic E-state index is 11.5. The standard InChI is InChI=1S/C13H27N3O3/c1-6-7-15-11(17)10(2)14-8-9-16-12(18)19-13(3,4)5/h10,14H,6-9H2,1-5H3,(H,15,17)(H,16,18). The van der Waals surface area contributed by atoms with Crippen LogP contribution in [0.25, 0.3) is 0 Å². The molecule has 0 saturated carbocycles. The summed E-state index contributed by atoms with van der Waals surface area (Å²) >= 11 is 0. The summed E-state index contributed by atoms with van der Waals surface area (Å²) in [6, 6.07) is -0.271. The molecule has 0 aromatic heterocycles. The molecule has 1 unspecified atom stereocenters. The SMILES string of the molecule is CCCNC(=O)C(C)NCCNC(=O)OC(C)(C)C. The van der Waals surface area contributed by atoms with E-state index in [4.69, 9.17) is 4.74 Å². The zero-order valence-corrected chi connectivity index (χ0v) is 12.6. The van der Waals surface area contributed by atoms with Gasteiger partial charge in [-0.3, -0.25) is 4.79 Å². The van der Waals surface area contributed by atoms with Crippen molar-refractivity contribution in [3.8, 4) is 0 Å². The first-order valence-corrected chi connectivity index (χ1v) is 6.74. The smallest absolute Gasteiger partial charge is 0.407 e. The number of hydrogen-bond acceptors (Lipinski definition) is 4. The summed E-state index contributed by atoms with van der Waals surface area (Å²) in [5.74, 6) is -0.0286. The summed E-state index contributed by atoms with van der Waals surface area (Å²) in [5.41, 5.74) is -0.495. The molecule has 19 heavy (non-hydrogen) atoms. The maximum Gasteiger partial charge on any atom is 0.407 e. The summed E-state index contributed by atoms with van der Waals surface area (Å²) in [7, 11) is 0. The van der Waals surface area contributed by atoms with Gasteiger partial charge in [-0.25, -0.2) is 4.79 Å². The van der Waals surface area contributed by atoms with E-state index in [0.717, 1.165) is 6.42 Å². The summed E-state index contributed by atoms with van der Waals surface area (Å²) in [6.07, 6.45) is 0.468. The van der Waals surface area contributed by atoms with Gasteiger partial charge in [0, 0.05) is 19.6 Å². The topological polar surface area (TPSA) is 79.5 Å². The van der Waals surface area contributed by atoms with Gasteiger partial charge in [0.15, 0.2) is 0 Å². The van der Waals surface area contributed by atoms with Crippen molar-refractivity contribution < 1.29 is 14.3 Å². The zero-order chi connectivity index (χ0) is 14.9. The Morgan fingerprint density at radius 1 is 1.11 bits per heavy atom. The van der Waals surface area contributed by atoms with Gasteiger partial charge in [-0.05, 0) is 34.1 Å². The lowest BCUT2D eigenvalue weighted by molar-refractivity contribution is -0.122. The predicted octanol–water partition coefficient (Wildman–Crippen LogP) is 1.02. The summed E-state index contributed by atoms with van der Waals surface area (Å²) in [4.78, 5) is 22.9. The Labute approximate surface area is 115 Å². The fourth-order valence-electron chi connectivity index (χ4n) is 1.26. The van der Waals surface area contributed by atoms with Gasteiger partial charge < -0.3 is 20.7 Å². The highest BCUT2D eigenvalue weighted by molar-refractivity contribution is 5.81. The molecule has 0 bridgehead atoms. The van der Waals surface area contributed by atoms with Crippen LogP contribution in [0.2, 0.25) is 0 Å². The first-order valence-electron chi connectivity index (χ1n) is 6.74. The van der Waals surface area contributed by atoms with Gasteiger partial charge in [-0.1, -0.05) is 6.92 Å². The lowest BCUT2D eigenvalue weighted by Crippen LogP contribution is -2.45. The van der Waals surface area contributed by atoms with Crippen LogP contribution in [0, 0.1) is 0 Å². The zero-order valence-electron chi connectivity index (χ0n) is 12.6. The lowest BCUT2D eigenvalue weighted by atomic mass is 10.2. The minimum absolute atomic E-state index is 0.0286. The van der Waals surface area contributed by atoms with Gasteiger partial charge in [-0.2, -0.15) is 0 Å². The molecule has 0 aliphatic heterocycles. The molecule has 0 spiro atoms. The van der Waals surface area contributed by atoms with Gasteiger partial charge >= 0.3 is 6.09 Å². The molecular weight excluding hydrogens is 246 g/mol. The quantitative estimate of drug-likeness (QED) is 0.605. The molecule has 0 aromatic rings. The highest BCUT2D eigenvalue weighted by atomic mass is 16.6. The third kappa shape index (κ3) is 10.3. The molecule has 0 saturated heterocycles.